The molecule has 0 spiro atoms. The fourth-order valence-electron chi connectivity index (χ4n) is 4.15. The molecule has 1 aliphatic rings. The first kappa shape index (κ1) is 25.0. The van der Waals surface area contributed by atoms with Crippen LogP contribution in [0.2, 0.25) is 0 Å². The van der Waals surface area contributed by atoms with E-state index in [4.69, 9.17) is 4.74 Å². The molecular formula is C25H32N4O5. The maximum absolute atomic E-state index is 13.2. The summed E-state index contributed by atoms with van der Waals surface area (Å²) in [6.07, 6.45) is 2.14. The summed E-state index contributed by atoms with van der Waals surface area (Å²) in [5, 5.41) is 6.33. The van der Waals surface area contributed by atoms with Crippen molar-refractivity contribution in [1.29, 1.82) is 0 Å². The molecule has 0 bridgehead atoms. The molecule has 3 rings (SSSR count). The average Bonchev–Trinajstić information content (AvgIpc) is 3.43. The molecule has 2 atom stereocenters. The fraction of sp³-hybridized carbons (Fsp3) is 0.440. The molecule has 182 valence electrons. The quantitative estimate of drug-likeness (QED) is 0.436. The van der Waals surface area contributed by atoms with Crippen molar-refractivity contribution in [1.82, 2.24) is 20.5 Å². The Labute approximate surface area is 198 Å². The van der Waals surface area contributed by atoms with E-state index in [9.17, 15) is 19.2 Å². The Kier molecular flexibility index (Phi) is 8.09. The minimum Gasteiger partial charge on any atom is -0.496 e. The third kappa shape index (κ3) is 5.84. The number of rotatable bonds is 11. The average molecular weight is 469 g/mol. The highest BCUT2D eigenvalue weighted by atomic mass is 16.5. The Bertz CT molecular complexity index is 1090. The number of ketones is 1. The Hall–Kier alpha value is -3.62. The largest absolute Gasteiger partial charge is 0.496 e. The van der Waals surface area contributed by atoms with Gasteiger partial charge in [0.05, 0.1) is 25.6 Å². The second-order valence-corrected chi connectivity index (χ2v) is 8.93. The zero-order valence-corrected chi connectivity index (χ0v) is 19.8. The Morgan fingerprint density at radius 3 is 2.71 bits per heavy atom. The lowest BCUT2D eigenvalue weighted by Gasteiger charge is -2.26. The van der Waals surface area contributed by atoms with Crippen molar-refractivity contribution in [2.75, 3.05) is 26.7 Å². The molecule has 1 aliphatic heterocycles. The van der Waals surface area contributed by atoms with Crippen molar-refractivity contribution in [2.24, 2.45) is 11.8 Å². The van der Waals surface area contributed by atoms with Crippen molar-refractivity contribution >= 4 is 34.4 Å². The van der Waals surface area contributed by atoms with Gasteiger partial charge in [0.25, 0.3) is 5.91 Å². The number of carbonyl (C=O) groups excluding carboxylic acids is 4. The summed E-state index contributed by atoms with van der Waals surface area (Å²) in [5.41, 5.74) is 1.05. The van der Waals surface area contributed by atoms with E-state index in [-0.39, 0.29) is 36.6 Å². The van der Waals surface area contributed by atoms with E-state index in [1.165, 1.54) is 4.90 Å². The number of carbonyl (C=O) groups is 4. The van der Waals surface area contributed by atoms with Crippen LogP contribution < -0.4 is 15.4 Å². The van der Waals surface area contributed by atoms with Crippen molar-refractivity contribution < 1.29 is 23.9 Å². The number of hydrogen-bond donors (Lipinski definition) is 3. The van der Waals surface area contributed by atoms with Gasteiger partial charge in [0.1, 0.15) is 11.4 Å². The lowest BCUT2D eigenvalue weighted by atomic mass is 9.99. The molecule has 1 aromatic carbocycles. The normalized spacial score (nSPS) is 16.2. The molecule has 0 radical (unpaired) electrons. The number of nitrogens with zero attached hydrogens (tertiary/aromatic N) is 1. The first-order valence-corrected chi connectivity index (χ1v) is 11.4. The standard InChI is InChI=1S/C25H32N4O5/c1-5-23(31)29(13-16-9-10-26-24(16)32)14-21(30)19(11-15(2)3)28-25(33)20-12-17-18(27-20)7-6-8-22(17)34-4/h5-8,12,15-16,19,27H,1,9-11,13-14H2,2-4H3,(H,26,32)(H,28,33)/t16-,19-/m0/s1. The van der Waals surface area contributed by atoms with Crippen LogP contribution in [0.4, 0.5) is 0 Å². The van der Waals surface area contributed by atoms with Gasteiger partial charge in [-0.25, -0.2) is 0 Å². The van der Waals surface area contributed by atoms with Crippen molar-refractivity contribution in [3.8, 4) is 5.75 Å². The number of ether oxygens (including phenoxy) is 1. The minimum absolute atomic E-state index is 0.126. The monoisotopic (exact) mass is 468 g/mol. The van der Waals surface area contributed by atoms with Gasteiger partial charge in [0.2, 0.25) is 11.8 Å². The van der Waals surface area contributed by atoms with Gasteiger partial charge in [0.15, 0.2) is 5.78 Å². The van der Waals surface area contributed by atoms with Crippen LogP contribution >= 0.6 is 0 Å². The number of aromatic nitrogens is 1. The predicted molar refractivity (Wildman–Crippen MR) is 128 cm³/mol. The van der Waals surface area contributed by atoms with Crippen molar-refractivity contribution in [3.63, 3.8) is 0 Å². The predicted octanol–water partition coefficient (Wildman–Crippen LogP) is 2.04. The van der Waals surface area contributed by atoms with Gasteiger partial charge in [-0.1, -0.05) is 26.5 Å². The SMILES string of the molecule is C=CC(=O)N(CC(=O)[C@H](CC(C)C)NC(=O)c1cc2c(OC)cccc2[nH]1)C[C@@H]1CCNC1=O. The smallest absolute Gasteiger partial charge is 0.268 e. The van der Waals surface area contributed by atoms with Gasteiger partial charge in [-0.3, -0.25) is 19.2 Å². The molecule has 34 heavy (non-hydrogen) atoms. The molecule has 9 nitrogen and oxygen atoms in total. The van der Waals surface area contributed by atoms with Gasteiger partial charge >= 0.3 is 0 Å². The number of H-pyrrole nitrogens is 1. The molecule has 0 saturated carbocycles. The summed E-state index contributed by atoms with van der Waals surface area (Å²) in [4.78, 5) is 55.0. The summed E-state index contributed by atoms with van der Waals surface area (Å²) >= 11 is 0. The highest BCUT2D eigenvalue weighted by molar-refractivity contribution is 6.02. The Morgan fingerprint density at radius 1 is 1.32 bits per heavy atom. The summed E-state index contributed by atoms with van der Waals surface area (Å²) < 4.78 is 5.35. The highest BCUT2D eigenvalue weighted by Crippen LogP contribution is 2.26. The second kappa shape index (κ2) is 11.0. The van der Waals surface area contributed by atoms with Gasteiger partial charge in [-0.05, 0) is 43.0 Å². The molecule has 1 fully saturated rings. The number of nitrogens with one attached hydrogen (secondary N) is 3. The maximum atomic E-state index is 13.2. The van der Waals surface area contributed by atoms with E-state index >= 15 is 0 Å². The van der Waals surface area contributed by atoms with Crippen LogP contribution in [0.3, 0.4) is 0 Å². The first-order chi connectivity index (χ1) is 16.2. The van der Waals surface area contributed by atoms with Crippen LogP contribution in [0.1, 0.15) is 37.2 Å². The number of Topliss-reactive ketones (excluding diaryl/α,β-unsaturated/α-hetero) is 1. The molecule has 0 aliphatic carbocycles. The molecule has 0 unspecified atom stereocenters. The minimum atomic E-state index is -0.793. The molecule has 1 saturated heterocycles. The van der Waals surface area contributed by atoms with E-state index in [1.54, 1.807) is 19.2 Å². The molecule has 2 heterocycles. The fourth-order valence-corrected chi connectivity index (χ4v) is 4.15. The van der Waals surface area contributed by atoms with Crippen LogP contribution in [0.15, 0.2) is 36.9 Å². The summed E-state index contributed by atoms with van der Waals surface area (Å²) in [6.45, 7) is 7.89. The second-order valence-electron chi connectivity index (χ2n) is 8.93. The van der Waals surface area contributed by atoms with Crippen molar-refractivity contribution in [3.05, 3.63) is 42.6 Å². The summed E-state index contributed by atoms with van der Waals surface area (Å²) in [5.74, 6) is -0.881. The summed E-state index contributed by atoms with van der Waals surface area (Å²) in [6, 6.07) is 6.35. The number of fused-ring (bicyclic) bond motifs is 1. The van der Waals surface area contributed by atoms with Gasteiger partial charge in [-0.15, -0.1) is 0 Å². The molecule has 3 amide bonds. The maximum Gasteiger partial charge on any atom is 0.268 e. The highest BCUT2D eigenvalue weighted by Gasteiger charge is 2.31. The Balaban J connectivity index is 1.76. The number of methoxy groups -OCH3 is 1. The van der Waals surface area contributed by atoms with E-state index in [0.717, 1.165) is 17.0 Å². The van der Waals surface area contributed by atoms with Crippen LogP contribution in [0, 0.1) is 11.8 Å². The van der Waals surface area contributed by atoms with Gasteiger partial charge in [-0.2, -0.15) is 0 Å². The zero-order chi connectivity index (χ0) is 24.8. The number of hydrogen-bond acceptors (Lipinski definition) is 5. The van der Waals surface area contributed by atoms with Crippen LogP contribution in [-0.2, 0) is 14.4 Å². The topological polar surface area (TPSA) is 121 Å². The van der Waals surface area contributed by atoms with Gasteiger partial charge < -0.3 is 25.3 Å². The van der Waals surface area contributed by atoms with E-state index in [0.29, 0.717) is 30.8 Å². The number of benzene rings is 1. The molecule has 2 aromatic rings. The van der Waals surface area contributed by atoms with E-state index < -0.39 is 17.9 Å². The van der Waals surface area contributed by atoms with Crippen molar-refractivity contribution in [2.45, 2.75) is 32.7 Å². The lowest BCUT2D eigenvalue weighted by molar-refractivity contribution is -0.134. The first-order valence-electron chi connectivity index (χ1n) is 11.4. The lowest BCUT2D eigenvalue weighted by Crippen LogP contribution is -2.48. The van der Waals surface area contributed by atoms with Crippen LogP contribution in [-0.4, -0.2) is 66.2 Å². The van der Waals surface area contributed by atoms with Crippen LogP contribution in [0.5, 0.6) is 5.75 Å². The van der Waals surface area contributed by atoms with E-state index in [1.807, 2.05) is 26.0 Å². The summed E-state index contributed by atoms with van der Waals surface area (Å²) in [7, 11) is 1.56. The van der Waals surface area contributed by atoms with Crippen LogP contribution in [0.25, 0.3) is 10.9 Å². The number of amides is 3. The van der Waals surface area contributed by atoms with E-state index in [2.05, 4.69) is 22.2 Å². The third-order valence-corrected chi connectivity index (χ3v) is 5.93. The molecule has 9 heteroatoms. The zero-order valence-electron chi connectivity index (χ0n) is 19.8. The van der Waals surface area contributed by atoms with Gasteiger partial charge in [0, 0.05) is 24.0 Å². The molecule has 1 aromatic heterocycles. The molecular weight excluding hydrogens is 436 g/mol. The Morgan fingerprint density at radius 2 is 2.09 bits per heavy atom. The molecule has 3 N–H and O–H groups in total. The number of aromatic amines is 1. The third-order valence-electron chi connectivity index (χ3n) is 5.93.